The smallest absolute Gasteiger partial charge is 0.264 e. The van der Waals surface area contributed by atoms with Gasteiger partial charge >= 0.3 is 0 Å². The van der Waals surface area contributed by atoms with Crippen molar-refractivity contribution in [1.82, 2.24) is 10.2 Å². The van der Waals surface area contributed by atoms with Crippen LogP contribution in [0.1, 0.15) is 38.8 Å². The number of rotatable bonds is 11. The fourth-order valence-electron chi connectivity index (χ4n) is 4.10. The van der Waals surface area contributed by atoms with Crippen LogP contribution in [0.25, 0.3) is 0 Å². The number of hydrogen-bond acceptors (Lipinski definition) is 6. The Morgan fingerprint density at radius 3 is 2.05 bits per heavy atom. The lowest BCUT2D eigenvalue weighted by Gasteiger charge is -2.33. The van der Waals surface area contributed by atoms with Crippen LogP contribution < -0.4 is 14.4 Å². The van der Waals surface area contributed by atoms with Gasteiger partial charge in [0.15, 0.2) is 0 Å². The quantitative estimate of drug-likeness (QED) is 0.303. The number of carbonyl (C=O) groups excluding carboxylic acids is 2. The van der Waals surface area contributed by atoms with Gasteiger partial charge in [0.2, 0.25) is 11.8 Å². The minimum atomic E-state index is -4.12. The largest absolute Gasteiger partial charge is 0.497 e. The lowest BCUT2D eigenvalue weighted by Crippen LogP contribution is -2.54. The number of anilines is 1. The SMILES string of the molecule is COc1ccc(CN(C(=O)CN(c2ccc(C)cc2)S(=O)(=O)c2ccc(SC)cc2)C(C)C(=O)NC(C)(C)C)cc1. The number of benzene rings is 3. The number of nitrogens with zero attached hydrogens (tertiary/aromatic N) is 2. The first kappa shape index (κ1) is 32.0. The molecule has 0 bridgehead atoms. The highest BCUT2D eigenvalue weighted by atomic mass is 32.2. The first-order valence-electron chi connectivity index (χ1n) is 13.2. The molecular weight excluding hydrogens is 558 g/mol. The normalized spacial score (nSPS) is 12.4. The predicted octanol–water partition coefficient (Wildman–Crippen LogP) is 5.25. The highest BCUT2D eigenvalue weighted by Crippen LogP contribution is 2.27. The number of aryl methyl sites for hydroxylation is 1. The summed E-state index contributed by atoms with van der Waals surface area (Å²) in [6.45, 7) is 8.75. The van der Waals surface area contributed by atoms with E-state index in [1.165, 1.54) is 16.7 Å². The molecule has 2 amide bonds. The fourth-order valence-corrected chi connectivity index (χ4v) is 5.92. The van der Waals surface area contributed by atoms with Crippen molar-refractivity contribution in [2.24, 2.45) is 0 Å². The number of sulfonamides is 1. The summed E-state index contributed by atoms with van der Waals surface area (Å²) in [5, 5.41) is 2.93. The molecule has 0 saturated heterocycles. The highest BCUT2D eigenvalue weighted by Gasteiger charge is 2.33. The molecule has 8 nitrogen and oxygen atoms in total. The molecule has 0 spiro atoms. The Bertz CT molecular complexity index is 1430. The third-order valence-corrected chi connectivity index (χ3v) is 8.96. The summed E-state index contributed by atoms with van der Waals surface area (Å²) >= 11 is 1.51. The van der Waals surface area contributed by atoms with E-state index in [2.05, 4.69) is 5.32 Å². The Kier molecular flexibility index (Phi) is 10.5. The van der Waals surface area contributed by atoms with E-state index in [4.69, 9.17) is 4.74 Å². The summed E-state index contributed by atoms with van der Waals surface area (Å²) in [7, 11) is -2.55. The fraction of sp³-hybridized carbons (Fsp3) is 0.355. The number of carbonyl (C=O) groups is 2. The topological polar surface area (TPSA) is 96.0 Å². The van der Waals surface area contributed by atoms with E-state index < -0.39 is 34.1 Å². The van der Waals surface area contributed by atoms with Gasteiger partial charge in [0.05, 0.1) is 17.7 Å². The summed E-state index contributed by atoms with van der Waals surface area (Å²) < 4.78 is 34.3. The maximum Gasteiger partial charge on any atom is 0.264 e. The molecule has 1 atom stereocenters. The second-order valence-electron chi connectivity index (χ2n) is 10.8. The molecule has 0 aliphatic rings. The van der Waals surface area contributed by atoms with E-state index in [0.717, 1.165) is 20.3 Å². The Morgan fingerprint density at radius 1 is 0.951 bits per heavy atom. The second kappa shape index (κ2) is 13.4. The van der Waals surface area contributed by atoms with E-state index in [1.54, 1.807) is 74.7 Å². The van der Waals surface area contributed by atoms with Crippen molar-refractivity contribution in [2.75, 3.05) is 24.2 Å². The molecule has 3 aromatic rings. The van der Waals surface area contributed by atoms with Gasteiger partial charge in [-0.3, -0.25) is 13.9 Å². The minimum Gasteiger partial charge on any atom is -0.497 e. The zero-order chi connectivity index (χ0) is 30.4. The molecule has 0 heterocycles. The second-order valence-corrected chi connectivity index (χ2v) is 13.5. The molecule has 0 aromatic heterocycles. The van der Waals surface area contributed by atoms with Crippen molar-refractivity contribution >= 4 is 39.3 Å². The van der Waals surface area contributed by atoms with Crippen LogP contribution in [0.4, 0.5) is 5.69 Å². The molecule has 0 radical (unpaired) electrons. The van der Waals surface area contributed by atoms with Gasteiger partial charge in [-0.25, -0.2) is 8.42 Å². The summed E-state index contributed by atoms with van der Waals surface area (Å²) in [6, 6.07) is 19.8. The average Bonchev–Trinajstić information content (AvgIpc) is 2.94. The maximum atomic E-state index is 14.0. The van der Waals surface area contributed by atoms with Crippen molar-refractivity contribution in [3.63, 3.8) is 0 Å². The standard InChI is InChI=1S/C31H39N3O5S2/c1-22-8-12-25(13-9-22)34(41(37,38)28-18-16-27(40-7)17-19-28)21-29(35)33(23(2)30(36)32-31(3,4)5)20-24-10-14-26(39-6)15-11-24/h8-19,23H,20-21H2,1-7H3,(H,32,36). The van der Waals surface area contributed by atoms with Crippen molar-refractivity contribution in [3.05, 3.63) is 83.9 Å². The summed E-state index contributed by atoms with van der Waals surface area (Å²) in [5.74, 6) is -0.187. The van der Waals surface area contributed by atoms with E-state index >= 15 is 0 Å². The van der Waals surface area contributed by atoms with E-state index in [0.29, 0.717) is 11.4 Å². The van der Waals surface area contributed by atoms with Crippen molar-refractivity contribution in [2.45, 2.75) is 62.5 Å². The van der Waals surface area contributed by atoms with Crippen LogP contribution in [0.15, 0.2) is 82.6 Å². The number of methoxy groups -OCH3 is 1. The summed E-state index contributed by atoms with van der Waals surface area (Å²) in [6.07, 6.45) is 1.91. The zero-order valence-electron chi connectivity index (χ0n) is 24.7. The van der Waals surface area contributed by atoms with Crippen LogP contribution in [-0.2, 0) is 26.2 Å². The average molecular weight is 598 g/mol. The van der Waals surface area contributed by atoms with Crippen LogP contribution in [0.2, 0.25) is 0 Å². The number of ether oxygens (including phenoxy) is 1. The molecular formula is C31H39N3O5S2. The molecule has 0 aliphatic carbocycles. The maximum absolute atomic E-state index is 14.0. The Balaban J connectivity index is 2.02. The monoisotopic (exact) mass is 597 g/mol. The lowest BCUT2D eigenvalue weighted by atomic mass is 10.1. The zero-order valence-corrected chi connectivity index (χ0v) is 26.3. The van der Waals surface area contributed by atoms with Gasteiger partial charge in [-0.05, 0) is 95.0 Å². The molecule has 41 heavy (non-hydrogen) atoms. The van der Waals surface area contributed by atoms with Crippen LogP contribution >= 0.6 is 11.8 Å². The third kappa shape index (κ3) is 8.50. The van der Waals surface area contributed by atoms with Crippen LogP contribution in [0.5, 0.6) is 5.75 Å². The summed E-state index contributed by atoms with van der Waals surface area (Å²) in [4.78, 5) is 29.6. The van der Waals surface area contributed by atoms with E-state index in [1.807, 2.05) is 46.1 Å². The van der Waals surface area contributed by atoms with Gasteiger partial charge in [-0.1, -0.05) is 29.8 Å². The van der Waals surface area contributed by atoms with Gasteiger partial charge in [0.1, 0.15) is 18.3 Å². The van der Waals surface area contributed by atoms with Gasteiger partial charge in [-0.15, -0.1) is 11.8 Å². The first-order chi connectivity index (χ1) is 19.2. The third-order valence-electron chi connectivity index (χ3n) is 6.43. The van der Waals surface area contributed by atoms with Gasteiger partial charge in [0, 0.05) is 17.0 Å². The molecule has 0 saturated carbocycles. The molecule has 220 valence electrons. The number of thioether (sulfide) groups is 1. The lowest BCUT2D eigenvalue weighted by molar-refractivity contribution is -0.140. The molecule has 3 aromatic carbocycles. The van der Waals surface area contributed by atoms with Gasteiger partial charge in [-0.2, -0.15) is 0 Å². The van der Waals surface area contributed by atoms with Crippen molar-refractivity contribution in [3.8, 4) is 5.75 Å². The highest BCUT2D eigenvalue weighted by molar-refractivity contribution is 7.98. The Morgan fingerprint density at radius 2 is 1.54 bits per heavy atom. The van der Waals surface area contributed by atoms with E-state index in [-0.39, 0.29) is 17.3 Å². The predicted molar refractivity (Wildman–Crippen MR) is 165 cm³/mol. The Labute approximate surface area is 248 Å². The number of hydrogen-bond donors (Lipinski definition) is 1. The molecule has 1 unspecified atom stereocenters. The van der Waals surface area contributed by atoms with Crippen LogP contribution in [0, 0.1) is 6.92 Å². The summed E-state index contributed by atoms with van der Waals surface area (Å²) in [5.41, 5.74) is 1.57. The van der Waals surface area contributed by atoms with Gasteiger partial charge in [0.25, 0.3) is 10.0 Å². The molecule has 3 rings (SSSR count). The number of amides is 2. The van der Waals surface area contributed by atoms with Gasteiger partial charge < -0.3 is 15.0 Å². The molecule has 0 aliphatic heterocycles. The Hall–Kier alpha value is -3.50. The minimum absolute atomic E-state index is 0.0731. The molecule has 1 N–H and O–H groups in total. The molecule has 0 fully saturated rings. The van der Waals surface area contributed by atoms with Crippen LogP contribution in [-0.4, -0.2) is 56.6 Å². The first-order valence-corrected chi connectivity index (χ1v) is 15.9. The van der Waals surface area contributed by atoms with Crippen molar-refractivity contribution < 1.29 is 22.7 Å². The van der Waals surface area contributed by atoms with E-state index in [9.17, 15) is 18.0 Å². The molecule has 10 heteroatoms. The van der Waals surface area contributed by atoms with Crippen LogP contribution in [0.3, 0.4) is 0 Å². The number of nitrogens with one attached hydrogen (secondary N) is 1. The van der Waals surface area contributed by atoms with Crippen molar-refractivity contribution in [1.29, 1.82) is 0 Å².